The molecule has 1 atom stereocenters. The van der Waals surface area contributed by atoms with Gasteiger partial charge < -0.3 is 14.9 Å². The van der Waals surface area contributed by atoms with Gasteiger partial charge in [-0.3, -0.25) is 14.5 Å². The molecular weight excluding hydrogens is 426 g/mol. The molecule has 0 bridgehead atoms. The van der Waals surface area contributed by atoms with Gasteiger partial charge in [0.15, 0.2) is 0 Å². The first kappa shape index (κ1) is 23.1. The number of fused-ring (bicyclic) bond motifs is 2. The molecule has 2 amide bonds. The Morgan fingerprint density at radius 1 is 0.971 bits per heavy atom. The van der Waals surface area contributed by atoms with Crippen molar-refractivity contribution in [3.63, 3.8) is 0 Å². The maximum atomic E-state index is 13.2. The van der Waals surface area contributed by atoms with E-state index in [0.29, 0.717) is 25.6 Å². The Balaban J connectivity index is 1.17. The maximum absolute atomic E-state index is 13.2. The molecule has 0 radical (unpaired) electrons. The van der Waals surface area contributed by atoms with E-state index in [1.165, 1.54) is 16.7 Å². The lowest BCUT2D eigenvalue weighted by atomic mass is 9.86. The second-order valence-electron chi connectivity index (χ2n) is 10.1. The molecule has 180 valence electrons. The number of aliphatic hydroxyl groups is 1. The van der Waals surface area contributed by atoms with Gasteiger partial charge in [-0.15, -0.1) is 0 Å². The second-order valence-corrected chi connectivity index (χ2v) is 10.1. The average molecular weight is 462 g/mol. The predicted octanol–water partition coefficient (Wildman–Crippen LogP) is 2.83. The van der Waals surface area contributed by atoms with Crippen molar-refractivity contribution in [2.24, 2.45) is 0 Å². The smallest absolute Gasteiger partial charge is 0.254 e. The minimum atomic E-state index is -0.554. The number of carbonyl (C=O) groups is 2. The van der Waals surface area contributed by atoms with Crippen LogP contribution in [0.25, 0.3) is 0 Å². The second kappa shape index (κ2) is 9.88. The number of hydrogen-bond donors (Lipinski definition) is 1. The van der Waals surface area contributed by atoms with Crippen LogP contribution in [-0.4, -0.2) is 77.0 Å². The van der Waals surface area contributed by atoms with E-state index in [9.17, 15) is 14.7 Å². The molecule has 3 heterocycles. The molecule has 0 spiro atoms. The molecule has 0 aliphatic carbocycles. The van der Waals surface area contributed by atoms with Crippen molar-refractivity contribution < 1.29 is 14.7 Å². The quantitative estimate of drug-likeness (QED) is 0.744. The van der Waals surface area contributed by atoms with Crippen LogP contribution in [0, 0.1) is 0 Å². The standard InChI is InChI=1S/C28H35N3O3/c1-20(32)30-13-9-22(10-14-30)23-6-7-27-24(16-23)11-15-31(28(27)34)19-26(33)18-29-12-8-21-4-2-3-5-25(21)17-29/h2-7,16,22,26,33H,8-15,17-19H2,1H3. The molecule has 6 nitrogen and oxygen atoms in total. The molecule has 6 heteroatoms. The van der Waals surface area contributed by atoms with Gasteiger partial charge in [0, 0.05) is 58.3 Å². The van der Waals surface area contributed by atoms with Crippen LogP contribution < -0.4 is 0 Å². The van der Waals surface area contributed by atoms with Gasteiger partial charge in [0.05, 0.1) is 6.10 Å². The molecule has 0 saturated carbocycles. The van der Waals surface area contributed by atoms with Crippen molar-refractivity contribution in [1.82, 2.24) is 14.7 Å². The zero-order valence-corrected chi connectivity index (χ0v) is 20.1. The van der Waals surface area contributed by atoms with Crippen LogP contribution in [0.15, 0.2) is 42.5 Å². The van der Waals surface area contributed by atoms with Crippen LogP contribution in [0.4, 0.5) is 0 Å². The van der Waals surface area contributed by atoms with Crippen molar-refractivity contribution >= 4 is 11.8 Å². The van der Waals surface area contributed by atoms with Crippen LogP contribution in [0.2, 0.25) is 0 Å². The molecular formula is C28H35N3O3. The van der Waals surface area contributed by atoms with Gasteiger partial charge in [-0.05, 0) is 59.9 Å². The van der Waals surface area contributed by atoms with Gasteiger partial charge >= 0.3 is 0 Å². The minimum Gasteiger partial charge on any atom is -0.390 e. The Hall–Kier alpha value is -2.70. The van der Waals surface area contributed by atoms with Gasteiger partial charge in [0.25, 0.3) is 5.91 Å². The van der Waals surface area contributed by atoms with Crippen molar-refractivity contribution in [1.29, 1.82) is 0 Å². The maximum Gasteiger partial charge on any atom is 0.254 e. The Labute approximate surface area is 202 Å². The Bertz CT molecular complexity index is 1060. The van der Waals surface area contributed by atoms with Crippen LogP contribution in [0.3, 0.4) is 0 Å². The monoisotopic (exact) mass is 461 g/mol. The van der Waals surface area contributed by atoms with E-state index in [2.05, 4.69) is 41.3 Å². The summed E-state index contributed by atoms with van der Waals surface area (Å²) in [5.41, 5.74) is 5.92. The fourth-order valence-corrected chi connectivity index (χ4v) is 5.83. The molecule has 1 fully saturated rings. The first-order valence-corrected chi connectivity index (χ1v) is 12.6. The Morgan fingerprint density at radius 3 is 2.47 bits per heavy atom. The summed E-state index contributed by atoms with van der Waals surface area (Å²) in [5.74, 6) is 0.634. The Morgan fingerprint density at radius 2 is 1.71 bits per heavy atom. The summed E-state index contributed by atoms with van der Waals surface area (Å²) in [7, 11) is 0. The third kappa shape index (κ3) is 4.89. The van der Waals surface area contributed by atoms with Crippen molar-refractivity contribution in [3.05, 3.63) is 70.3 Å². The fraction of sp³-hybridized carbons (Fsp3) is 0.500. The van der Waals surface area contributed by atoms with E-state index in [0.717, 1.165) is 63.0 Å². The van der Waals surface area contributed by atoms with Crippen LogP contribution in [0.1, 0.15) is 58.3 Å². The molecule has 1 N–H and O–H groups in total. The van der Waals surface area contributed by atoms with E-state index in [1.54, 1.807) is 6.92 Å². The Kier molecular flexibility index (Phi) is 6.70. The SMILES string of the molecule is CC(=O)N1CCC(c2ccc3c(c2)CCN(CC(O)CN2CCc4ccccc4C2)C3=O)CC1. The summed E-state index contributed by atoms with van der Waals surface area (Å²) < 4.78 is 0. The molecule has 3 aliphatic rings. The number of aliphatic hydroxyl groups excluding tert-OH is 1. The number of carbonyl (C=O) groups excluding carboxylic acids is 2. The van der Waals surface area contributed by atoms with E-state index in [1.807, 2.05) is 15.9 Å². The van der Waals surface area contributed by atoms with E-state index >= 15 is 0 Å². The number of piperidine rings is 1. The lowest BCUT2D eigenvalue weighted by Gasteiger charge is -2.35. The van der Waals surface area contributed by atoms with E-state index in [-0.39, 0.29) is 11.8 Å². The summed E-state index contributed by atoms with van der Waals surface area (Å²) in [6, 6.07) is 14.8. The zero-order chi connectivity index (χ0) is 23.7. The van der Waals surface area contributed by atoms with Gasteiger partial charge in [-0.25, -0.2) is 0 Å². The van der Waals surface area contributed by atoms with Gasteiger partial charge in [-0.2, -0.15) is 0 Å². The van der Waals surface area contributed by atoms with Crippen molar-refractivity contribution in [2.75, 3.05) is 39.3 Å². The molecule has 3 aliphatic heterocycles. The van der Waals surface area contributed by atoms with Crippen molar-refractivity contribution in [3.8, 4) is 0 Å². The molecule has 2 aromatic carbocycles. The van der Waals surface area contributed by atoms with Crippen LogP contribution in [-0.2, 0) is 24.2 Å². The summed E-state index contributed by atoms with van der Waals surface area (Å²) >= 11 is 0. The highest BCUT2D eigenvalue weighted by Crippen LogP contribution is 2.31. The number of hydrogen-bond acceptors (Lipinski definition) is 4. The molecule has 1 unspecified atom stereocenters. The largest absolute Gasteiger partial charge is 0.390 e. The summed E-state index contributed by atoms with van der Waals surface area (Å²) in [4.78, 5) is 30.8. The number of rotatable bonds is 5. The topological polar surface area (TPSA) is 64.1 Å². The van der Waals surface area contributed by atoms with Gasteiger partial charge in [0.2, 0.25) is 5.91 Å². The zero-order valence-electron chi connectivity index (χ0n) is 20.1. The normalized spacial score (nSPS) is 20.1. The third-order valence-electron chi connectivity index (χ3n) is 7.82. The van der Waals surface area contributed by atoms with E-state index in [4.69, 9.17) is 0 Å². The first-order valence-electron chi connectivity index (χ1n) is 12.6. The van der Waals surface area contributed by atoms with Crippen molar-refractivity contribution in [2.45, 2.75) is 51.2 Å². The molecule has 1 saturated heterocycles. The summed E-state index contributed by atoms with van der Waals surface area (Å²) in [6.07, 6.45) is 3.23. The highest BCUT2D eigenvalue weighted by molar-refractivity contribution is 5.96. The molecule has 34 heavy (non-hydrogen) atoms. The van der Waals surface area contributed by atoms with Crippen LogP contribution in [0.5, 0.6) is 0 Å². The molecule has 5 rings (SSSR count). The lowest BCUT2D eigenvalue weighted by molar-refractivity contribution is -0.129. The van der Waals surface area contributed by atoms with E-state index < -0.39 is 6.10 Å². The number of nitrogens with zero attached hydrogens (tertiary/aromatic N) is 3. The summed E-state index contributed by atoms with van der Waals surface area (Å²) in [5, 5.41) is 10.8. The highest BCUT2D eigenvalue weighted by atomic mass is 16.3. The number of benzene rings is 2. The lowest BCUT2D eigenvalue weighted by Crippen LogP contribution is -2.46. The average Bonchev–Trinajstić information content (AvgIpc) is 2.85. The number of amides is 2. The first-order chi connectivity index (χ1) is 16.5. The summed E-state index contributed by atoms with van der Waals surface area (Å²) in [6.45, 7) is 6.67. The number of β-amino-alcohol motifs (C(OH)–C–C–N with tert-alkyl or cyclic N) is 1. The molecule has 2 aromatic rings. The van der Waals surface area contributed by atoms with Gasteiger partial charge in [0.1, 0.15) is 0 Å². The number of likely N-dealkylation sites (tertiary alicyclic amines) is 1. The third-order valence-corrected chi connectivity index (χ3v) is 7.82. The van der Waals surface area contributed by atoms with Gasteiger partial charge in [-0.1, -0.05) is 36.4 Å². The minimum absolute atomic E-state index is 0.0299. The fourth-order valence-electron chi connectivity index (χ4n) is 5.83. The molecule has 0 aromatic heterocycles. The predicted molar refractivity (Wildman–Crippen MR) is 132 cm³/mol. The van der Waals surface area contributed by atoms with Crippen LogP contribution >= 0.6 is 0 Å². The highest BCUT2D eigenvalue weighted by Gasteiger charge is 2.29.